The number of benzene rings is 12. The Kier molecular flexibility index (Phi) is 10.1. The highest BCUT2D eigenvalue weighted by atomic mass is 16.3. The van der Waals surface area contributed by atoms with Crippen molar-refractivity contribution in [3.8, 4) is 50.2 Å². The summed E-state index contributed by atoms with van der Waals surface area (Å²) in [5.74, 6) is 0. The summed E-state index contributed by atoms with van der Waals surface area (Å²) >= 11 is 0. The number of hydrogen-bond donors (Lipinski definition) is 0. The second-order valence-electron chi connectivity index (χ2n) is 20.0. The molecule has 356 valence electrons. The highest BCUT2D eigenvalue weighted by Gasteiger charge is 2.46. The van der Waals surface area contributed by atoms with Crippen molar-refractivity contribution in [3.05, 3.63) is 313 Å². The molecule has 0 fully saturated rings. The van der Waals surface area contributed by atoms with Gasteiger partial charge in [0.15, 0.2) is 0 Å². The van der Waals surface area contributed by atoms with Crippen molar-refractivity contribution >= 4 is 60.8 Å². The average Bonchev–Trinajstić information content (AvgIpc) is 4.17. The highest BCUT2D eigenvalue weighted by molar-refractivity contribution is 6.09. The van der Waals surface area contributed by atoms with Gasteiger partial charge in [0.25, 0.3) is 0 Å². The van der Waals surface area contributed by atoms with Gasteiger partial charge < -0.3 is 13.9 Å². The van der Waals surface area contributed by atoms with Gasteiger partial charge >= 0.3 is 0 Å². The van der Waals surface area contributed by atoms with E-state index in [1.165, 1.54) is 66.3 Å². The Labute approximate surface area is 441 Å². The summed E-state index contributed by atoms with van der Waals surface area (Å²) in [7, 11) is 0. The summed E-state index contributed by atoms with van der Waals surface area (Å²) in [6, 6.07) is 106. The molecule has 0 unspecified atom stereocenters. The van der Waals surface area contributed by atoms with Crippen molar-refractivity contribution in [1.29, 1.82) is 0 Å². The molecule has 0 N–H and O–H groups in total. The second kappa shape index (κ2) is 17.6. The van der Waals surface area contributed by atoms with Crippen molar-refractivity contribution < 1.29 is 4.42 Å². The molecule has 12 aromatic carbocycles. The van der Waals surface area contributed by atoms with E-state index in [4.69, 9.17) is 4.42 Å². The van der Waals surface area contributed by atoms with Gasteiger partial charge in [-0.05, 0) is 146 Å². The van der Waals surface area contributed by atoms with Crippen LogP contribution >= 0.6 is 0 Å². The summed E-state index contributed by atoms with van der Waals surface area (Å²) in [6.45, 7) is 0. The fourth-order valence-electron chi connectivity index (χ4n) is 12.4. The Hall–Kier alpha value is -9.96. The van der Waals surface area contributed by atoms with Crippen LogP contribution in [-0.4, -0.2) is 4.57 Å². The average molecular weight is 969 g/mol. The summed E-state index contributed by atoms with van der Waals surface area (Å²) in [4.78, 5) is 2.41. The summed E-state index contributed by atoms with van der Waals surface area (Å²) in [6.07, 6.45) is 0. The van der Waals surface area contributed by atoms with Crippen molar-refractivity contribution in [2.45, 2.75) is 5.41 Å². The second-order valence-corrected chi connectivity index (χ2v) is 20.0. The SMILES string of the molecule is c1ccc(C2(c3ccccc3)c3ccccc3-c3cc(N(c4ccc(-c5ccc(-c6ccc7oc8ccccc8c7c6)cc5)cc4)c4ccc(-c5cccc(-n6c7ccccc7c7ccccc76)c5)cc4)ccc32)cc1. The Morgan fingerprint density at radius 1 is 0.289 bits per heavy atom. The normalized spacial score (nSPS) is 12.6. The molecule has 1 aliphatic carbocycles. The number of fused-ring (bicyclic) bond motifs is 9. The monoisotopic (exact) mass is 968 g/mol. The lowest BCUT2D eigenvalue weighted by atomic mass is 9.68. The predicted octanol–water partition coefficient (Wildman–Crippen LogP) is 19.5. The predicted molar refractivity (Wildman–Crippen MR) is 316 cm³/mol. The molecule has 3 heteroatoms. The van der Waals surface area contributed by atoms with Crippen LogP contribution in [0, 0.1) is 0 Å². The van der Waals surface area contributed by atoms with E-state index in [0.29, 0.717) is 0 Å². The minimum Gasteiger partial charge on any atom is -0.456 e. The number of furan rings is 1. The fourth-order valence-corrected chi connectivity index (χ4v) is 12.4. The largest absolute Gasteiger partial charge is 0.456 e. The highest BCUT2D eigenvalue weighted by Crippen LogP contribution is 2.57. The molecule has 2 heterocycles. The van der Waals surface area contributed by atoms with Gasteiger partial charge in [0.2, 0.25) is 0 Å². The molecule has 0 radical (unpaired) electrons. The molecular weight excluding hydrogens is 921 g/mol. The van der Waals surface area contributed by atoms with Crippen LogP contribution in [0.4, 0.5) is 17.1 Å². The zero-order valence-corrected chi connectivity index (χ0v) is 41.5. The van der Waals surface area contributed by atoms with Crippen LogP contribution in [-0.2, 0) is 5.41 Å². The summed E-state index contributed by atoms with van der Waals surface area (Å²) in [5.41, 5.74) is 22.7. The molecule has 0 aliphatic heterocycles. The van der Waals surface area contributed by atoms with Gasteiger partial charge in [-0.2, -0.15) is 0 Å². The maximum absolute atomic E-state index is 6.13. The van der Waals surface area contributed by atoms with Crippen molar-refractivity contribution in [1.82, 2.24) is 4.57 Å². The van der Waals surface area contributed by atoms with Gasteiger partial charge in [-0.3, -0.25) is 0 Å². The maximum atomic E-state index is 6.13. The van der Waals surface area contributed by atoms with E-state index in [1.54, 1.807) is 0 Å². The van der Waals surface area contributed by atoms with Crippen molar-refractivity contribution in [2.75, 3.05) is 4.90 Å². The molecule has 0 saturated carbocycles. The van der Waals surface area contributed by atoms with E-state index < -0.39 is 5.41 Å². The first-order valence-corrected chi connectivity index (χ1v) is 26.1. The van der Waals surface area contributed by atoms with Crippen molar-refractivity contribution in [3.63, 3.8) is 0 Å². The van der Waals surface area contributed by atoms with E-state index in [9.17, 15) is 0 Å². The Balaban J connectivity index is 0.828. The van der Waals surface area contributed by atoms with Crippen LogP contribution in [0.25, 0.3) is 93.9 Å². The molecule has 1 aliphatic rings. The Morgan fingerprint density at radius 3 is 1.41 bits per heavy atom. The quantitative estimate of drug-likeness (QED) is 0.144. The van der Waals surface area contributed by atoms with Gasteiger partial charge in [0, 0.05) is 44.3 Å². The lowest BCUT2D eigenvalue weighted by molar-refractivity contribution is 0.669. The topological polar surface area (TPSA) is 21.3 Å². The lowest BCUT2D eigenvalue weighted by Crippen LogP contribution is -2.28. The third-order valence-corrected chi connectivity index (χ3v) is 15.9. The molecule has 15 rings (SSSR count). The first kappa shape index (κ1) is 43.6. The van der Waals surface area contributed by atoms with Crippen molar-refractivity contribution in [2.24, 2.45) is 0 Å². The van der Waals surface area contributed by atoms with Crippen LogP contribution < -0.4 is 4.90 Å². The zero-order chi connectivity index (χ0) is 50.2. The van der Waals surface area contributed by atoms with Crippen LogP contribution in [0.15, 0.2) is 296 Å². The number of hydrogen-bond acceptors (Lipinski definition) is 2. The van der Waals surface area contributed by atoms with Gasteiger partial charge in [0.1, 0.15) is 11.2 Å². The molecule has 0 atom stereocenters. The minimum absolute atomic E-state index is 0.481. The molecule has 0 amide bonds. The van der Waals surface area contributed by atoms with Gasteiger partial charge in [-0.25, -0.2) is 0 Å². The standard InChI is InChI=1S/C73H48N2O/c1-3-17-55(18-4-1)73(56-19-5-2-6-20-56)67-26-11-7-22-61(67)65-48-60(43-44-68(65)73)74(57-39-34-50(35-40-57)49-30-32-51(33-31-49)54-38-45-72-66(47-54)64-25-10-14-29-71(64)76-72)58-41-36-52(37-42-58)53-16-15-21-59(46-53)75-69-27-12-8-23-62(69)63-24-9-13-28-70(63)75/h1-48H. The van der Waals surface area contributed by atoms with Crippen LogP contribution in [0.5, 0.6) is 0 Å². The number of anilines is 3. The van der Waals surface area contributed by atoms with E-state index in [-0.39, 0.29) is 0 Å². The molecule has 3 nitrogen and oxygen atoms in total. The number of rotatable bonds is 9. The Bertz CT molecular complexity index is 4400. The van der Waals surface area contributed by atoms with E-state index in [0.717, 1.165) is 66.9 Å². The minimum atomic E-state index is -0.481. The summed E-state index contributed by atoms with van der Waals surface area (Å²) < 4.78 is 8.53. The summed E-state index contributed by atoms with van der Waals surface area (Å²) in [5, 5.41) is 4.79. The lowest BCUT2D eigenvalue weighted by Gasteiger charge is -2.34. The third kappa shape index (κ3) is 6.90. The molecule has 14 aromatic rings. The molecule has 76 heavy (non-hydrogen) atoms. The molecular formula is C73H48N2O. The maximum Gasteiger partial charge on any atom is 0.135 e. The molecule has 0 saturated heterocycles. The van der Waals surface area contributed by atoms with E-state index in [2.05, 4.69) is 289 Å². The first-order valence-electron chi connectivity index (χ1n) is 26.1. The van der Waals surface area contributed by atoms with Crippen LogP contribution in [0.1, 0.15) is 22.3 Å². The van der Waals surface area contributed by atoms with Crippen LogP contribution in [0.2, 0.25) is 0 Å². The van der Waals surface area contributed by atoms with E-state index >= 15 is 0 Å². The zero-order valence-electron chi connectivity index (χ0n) is 41.5. The molecule has 2 aromatic heterocycles. The van der Waals surface area contributed by atoms with Gasteiger partial charge in [-0.1, -0.05) is 212 Å². The van der Waals surface area contributed by atoms with Gasteiger partial charge in [-0.15, -0.1) is 0 Å². The van der Waals surface area contributed by atoms with Gasteiger partial charge in [0.05, 0.1) is 16.4 Å². The third-order valence-electron chi connectivity index (χ3n) is 15.9. The smallest absolute Gasteiger partial charge is 0.135 e. The number of para-hydroxylation sites is 3. The number of aromatic nitrogens is 1. The van der Waals surface area contributed by atoms with E-state index in [1.807, 2.05) is 12.1 Å². The fraction of sp³-hybridized carbons (Fsp3) is 0.0137. The van der Waals surface area contributed by atoms with Crippen LogP contribution in [0.3, 0.4) is 0 Å². The number of nitrogens with zero attached hydrogens (tertiary/aromatic N) is 2. The Morgan fingerprint density at radius 2 is 0.763 bits per heavy atom. The first-order chi connectivity index (χ1) is 37.7. The molecule has 0 spiro atoms. The molecule has 0 bridgehead atoms.